The number of nitrogens with zero attached hydrogens (tertiary/aromatic N) is 1. The number of allylic oxidation sites excluding steroid dienone is 1. The lowest BCUT2D eigenvalue weighted by molar-refractivity contribution is 0.807. The van der Waals surface area contributed by atoms with E-state index < -0.39 is 0 Å². The Labute approximate surface area is 58.8 Å². The predicted molar refractivity (Wildman–Crippen MR) is 39.8 cm³/mol. The Hall–Kier alpha value is -0.830. The molecule has 0 aliphatic rings. The van der Waals surface area contributed by atoms with Crippen molar-refractivity contribution in [3.8, 4) is 0 Å². The van der Waals surface area contributed by atoms with Gasteiger partial charge < -0.3 is 9.55 Å². The van der Waals surface area contributed by atoms with Crippen molar-refractivity contribution in [2.75, 3.05) is 0 Å². The standard InChI is InChI=1S/C6H8N2S/c1-2-4-8-5-3-7-6(8)9/h2-3,5H,1,4H2,(H,7,9). The summed E-state index contributed by atoms with van der Waals surface area (Å²) in [5, 5.41) is 0. The average Bonchev–Trinajstić information content (AvgIpc) is 2.18. The van der Waals surface area contributed by atoms with E-state index in [4.69, 9.17) is 12.2 Å². The summed E-state index contributed by atoms with van der Waals surface area (Å²) in [5.74, 6) is 0. The minimum Gasteiger partial charge on any atom is -0.337 e. The first-order valence-electron chi connectivity index (χ1n) is 2.69. The minimum absolute atomic E-state index is 0.745. The Kier molecular flexibility index (Phi) is 1.85. The van der Waals surface area contributed by atoms with Crippen molar-refractivity contribution < 1.29 is 0 Å². The van der Waals surface area contributed by atoms with Crippen LogP contribution in [0.5, 0.6) is 0 Å². The summed E-state index contributed by atoms with van der Waals surface area (Å²) in [6.45, 7) is 4.38. The van der Waals surface area contributed by atoms with Crippen LogP contribution in [0.2, 0.25) is 0 Å². The molecule has 1 heterocycles. The van der Waals surface area contributed by atoms with E-state index in [0.717, 1.165) is 11.3 Å². The molecule has 2 nitrogen and oxygen atoms in total. The Morgan fingerprint density at radius 3 is 3.11 bits per heavy atom. The molecular formula is C6H8N2S. The molecule has 48 valence electrons. The van der Waals surface area contributed by atoms with Gasteiger partial charge in [0.15, 0.2) is 4.77 Å². The lowest BCUT2D eigenvalue weighted by Crippen LogP contribution is -1.90. The molecule has 0 amide bonds. The number of hydrogen-bond donors (Lipinski definition) is 1. The number of aromatic amines is 1. The van der Waals surface area contributed by atoms with Gasteiger partial charge in [-0.3, -0.25) is 0 Å². The molecule has 0 bridgehead atoms. The van der Waals surface area contributed by atoms with Crippen LogP contribution in [-0.2, 0) is 6.54 Å². The van der Waals surface area contributed by atoms with Crippen LogP contribution in [0.15, 0.2) is 25.0 Å². The van der Waals surface area contributed by atoms with E-state index in [9.17, 15) is 0 Å². The van der Waals surface area contributed by atoms with Crippen molar-refractivity contribution in [1.82, 2.24) is 9.55 Å². The molecule has 0 saturated heterocycles. The number of H-pyrrole nitrogens is 1. The first-order chi connectivity index (χ1) is 4.34. The number of rotatable bonds is 2. The van der Waals surface area contributed by atoms with Crippen molar-refractivity contribution in [2.24, 2.45) is 0 Å². The van der Waals surface area contributed by atoms with Crippen molar-refractivity contribution in [2.45, 2.75) is 6.54 Å². The Balaban J connectivity index is 2.93. The Morgan fingerprint density at radius 1 is 1.89 bits per heavy atom. The van der Waals surface area contributed by atoms with E-state index in [-0.39, 0.29) is 0 Å². The topological polar surface area (TPSA) is 20.7 Å². The van der Waals surface area contributed by atoms with E-state index in [1.54, 1.807) is 0 Å². The minimum atomic E-state index is 0.745. The van der Waals surface area contributed by atoms with Crippen LogP contribution in [0, 0.1) is 4.77 Å². The van der Waals surface area contributed by atoms with E-state index in [1.165, 1.54) is 0 Å². The molecule has 0 aliphatic heterocycles. The number of aromatic nitrogens is 2. The zero-order chi connectivity index (χ0) is 6.69. The highest BCUT2D eigenvalue weighted by atomic mass is 32.1. The highest BCUT2D eigenvalue weighted by Crippen LogP contribution is 1.89. The van der Waals surface area contributed by atoms with Crippen molar-refractivity contribution in [3.05, 3.63) is 29.8 Å². The predicted octanol–water partition coefficient (Wildman–Crippen LogP) is 1.73. The maximum atomic E-state index is 4.91. The Bertz CT molecular complexity index is 246. The van der Waals surface area contributed by atoms with E-state index in [1.807, 2.05) is 23.0 Å². The molecule has 1 N–H and O–H groups in total. The van der Waals surface area contributed by atoms with Gasteiger partial charge in [0.05, 0.1) is 0 Å². The molecule has 0 saturated carbocycles. The van der Waals surface area contributed by atoms with Crippen molar-refractivity contribution in [3.63, 3.8) is 0 Å². The molecule has 1 aromatic heterocycles. The van der Waals surface area contributed by atoms with Crippen LogP contribution in [0.25, 0.3) is 0 Å². The van der Waals surface area contributed by atoms with Gasteiger partial charge >= 0.3 is 0 Å². The zero-order valence-corrected chi connectivity index (χ0v) is 5.82. The lowest BCUT2D eigenvalue weighted by Gasteiger charge is -1.91. The van der Waals surface area contributed by atoms with E-state index in [0.29, 0.717) is 0 Å². The second-order valence-corrected chi connectivity index (χ2v) is 2.09. The maximum Gasteiger partial charge on any atom is 0.177 e. The smallest absolute Gasteiger partial charge is 0.177 e. The average molecular weight is 140 g/mol. The molecule has 0 aliphatic carbocycles. The van der Waals surface area contributed by atoms with Crippen LogP contribution >= 0.6 is 12.2 Å². The van der Waals surface area contributed by atoms with Gasteiger partial charge in [-0.2, -0.15) is 0 Å². The highest BCUT2D eigenvalue weighted by molar-refractivity contribution is 7.71. The third-order valence-electron chi connectivity index (χ3n) is 1.05. The molecule has 0 aromatic carbocycles. The molecule has 0 fully saturated rings. The zero-order valence-electron chi connectivity index (χ0n) is 5.00. The molecule has 3 heteroatoms. The van der Waals surface area contributed by atoms with Crippen LogP contribution in [0.1, 0.15) is 0 Å². The Morgan fingerprint density at radius 2 is 2.67 bits per heavy atom. The van der Waals surface area contributed by atoms with Gasteiger partial charge in [0.1, 0.15) is 0 Å². The second-order valence-electron chi connectivity index (χ2n) is 1.71. The van der Waals surface area contributed by atoms with Gasteiger partial charge in [0.2, 0.25) is 0 Å². The van der Waals surface area contributed by atoms with Crippen molar-refractivity contribution in [1.29, 1.82) is 0 Å². The van der Waals surface area contributed by atoms with Gasteiger partial charge in [-0.15, -0.1) is 6.58 Å². The fourth-order valence-corrected chi connectivity index (χ4v) is 0.835. The molecule has 1 aromatic rings. The van der Waals surface area contributed by atoms with Crippen LogP contribution in [0.4, 0.5) is 0 Å². The quantitative estimate of drug-likeness (QED) is 0.490. The largest absolute Gasteiger partial charge is 0.337 e. The summed E-state index contributed by atoms with van der Waals surface area (Å²) in [4.78, 5) is 2.88. The SMILES string of the molecule is C=CCn1cc[nH]c1=S. The second kappa shape index (κ2) is 2.64. The molecule has 9 heavy (non-hydrogen) atoms. The molecule has 0 radical (unpaired) electrons. The summed E-state index contributed by atoms with van der Waals surface area (Å²) in [6, 6.07) is 0. The lowest BCUT2D eigenvalue weighted by atomic mass is 10.6. The first-order valence-corrected chi connectivity index (χ1v) is 3.10. The number of imidazole rings is 1. The first kappa shape index (κ1) is 6.29. The summed E-state index contributed by atoms with van der Waals surface area (Å²) in [5.41, 5.74) is 0. The number of nitrogens with one attached hydrogen (secondary N) is 1. The summed E-state index contributed by atoms with van der Waals surface area (Å²) < 4.78 is 2.65. The molecule has 1 rings (SSSR count). The van der Waals surface area contributed by atoms with Gasteiger partial charge in [0, 0.05) is 18.9 Å². The fraction of sp³-hybridized carbons (Fsp3) is 0.167. The maximum absolute atomic E-state index is 4.91. The third kappa shape index (κ3) is 1.29. The molecular weight excluding hydrogens is 132 g/mol. The fourth-order valence-electron chi connectivity index (χ4n) is 0.632. The molecule has 0 spiro atoms. The molecule has 0 unspecified atom stereocenters. The van der Waals surface area contributed by atoms with E-state index >= 15 is 0 Å². The third-order valence-corrected chi connectivity index (χ3v) is 1.40. The normalized spacial score (nSPS) is 9.33. The summed E-state index contributed by atoms with van der Waals surface area (Å²) in [7, 11) is 0. The van der Waals surface area contributed by atoms with Crippen LogP contribution in [-0.4, -0.2) is 9.55 Å². The van der Waals surface area contributed by atoms with Gasteiger partial charge in [0.25, 0.3) is 0 Å². The van der Waals surface area contributed by atoms with Crippen LogP contribution in [0.3, 0.4) is 0 Å². The summed E-state index contributed by atoms with van der Waals surface area (Å²) >= 11 is 4.91. The van der Waals surface area contributed by atoms with Gasteiger partial charge in [-0.25, -0.2) is 0 Å². The highest BCUT2D eigenvalue weighted by Gasteiger charge is 1.84. The molecule has 0 atom stereocenters. The monoisotopic (exact) mass is 140 g/mol. The van der Waals surface area contributed by atoms with Gasteiger partial charge in [-0.05, 0) is 12.2 Å². The number of hydrogen-bond acceptors (Lipinski definition) is 1. The van der Waals surface area contributed by atoms with Crippen molar-refractivity contribution >= 4 is 12.2 Å². The van der Waals surface area contributed by atoms with E-state index in [2.05, 4.69) is 11.6 Å². The summed E-state index contributed by atoms with van der Waals surface area (Å²) in [6.07, 6.45) is 5.51. The van der Waals surface area contributed by atoms with Crippen LogP contribution < -0.4 is 0 Å². The van der Waals surface area contributed by atoms with Gasteiger partial charge in [-0.1, -0.05) is 6.08 Å².